The van der Waals surface area contributed by atoms with Crippen molar-refractivity contribution in [3.8, 4) is 0 Å². The molecule has 2 aromatic rings. The molecular formula is C17H19NO2. The van der Waals surface area contributed by atoms with Crippen LogP contribution in [0.15, 0.2) is 53.1 Å². The largest absolute Gasteiger partial charge is 0.467 e. The lowest BCUT2D eigenvalue weighted by molar-refractivity contribution is -0.134. The number of hydrogen-bond acceptors (Lipinski definition) is 2. The molecule has 0 N–H and O–H groups in total. The van der Waals surface area contributed by atoms with Crippen LogP contribution in [-0.4, -0.2) is 10.8 Å². The fraction of sp³-hybridized carbons (Fsp3) is 0.353. The molecule has 1 saturated carbocycles. The lowest BCUT2D eigenvalue weighted by atomic mass is 10.2. The number of rotatable bonds is 5. The van der Waals surface area contributed by atoms with Crippen molar-refractivity contribution in [1.29, 1.82) is 0 Å². The summed E-state index contributed by atoms with van der Waals surface area (Å²) in [5.74, 6) is 1.81. The third kappa shape index (κ3) is 2.93. The summed E-state index contributed by atoms with van der Waals surface area (Å²) in [5.41, 5.74) is 1.15. The molecular weight excluding hydrogens is 250 g/mol. The minimum absolute atomic E-state index is 0.202. The summed E-state index contributed by atoms with van der Waals surface area (Å²) in [6, 6.07) is 13.9. The highest BCUT2D eigenvalue weighted by Crippen LogP contribution is 2.39. The highest BCUT2D eigenvalue weighted by atomic mass is 16.3. The molecule has 3 heteroatoms. The van der Waals surface area contributed by atoms with Gasteiger partial charge in [-0.3, -0.25) is 4.79 Å². The van der Waals surface area contributed by atoms with Crippen molar-refractivity contribution in [2.45, 2.75) is 26.4 Å². The van der Waals surface area contributed by atoms with Crippen LogP contribution in [0.4, 0.5) is 0 Å². The van der Waals surface area contributed by atoms with E-state index in [0.717, 1.165) is 17.7 Å². The molecule has 0 bridgehead atoms. The molecule has 0 saturated heterocycles. The molecule has 1 aromatic heterocycles. The molecule has 104 valence electrons. The molecule has 0 unspecified atom stereocenters. The van der Waals surface area contributed by atoms with E-state index in [0.29, 0.717) is 19.0 Å². The van der Waals surface area contributed by atoms with Gasteiger partial charge in [-0.25, -0.2) is 0 Å². The van der Waals surface area contributed by atoms with E-state index < -0.39 is 0 Å². The summed E-state index contributed by atoms with van der Waals surface area (Å²) in [4.78, 5) is 14.4. The molecule has 1 fully saturated rings. The van der Waals surface area contributed by atoms with E-state index in [-0.39, 0.29) is 11.8 Å². The standard InChI is InChI=1S/C17H19NO2/c1-13-10-16(13)17(19)18(12-15-8-5-9-20-15)11-14-6-3-2-4-7-14/h2-9,13,16H,10-12H2,1H3/t13-,16-/m0/s1. The van der Waals surface area contributed by atoms with Crippen LogP contribution in [0, 0.1) is 11.8 Å². The fourth-order valence-corrected chi connectivity index (χ4v) is 2.51. The third-order valence-corrected chi connectivity index (χ3v) is 3.88. The fourth-order valence-electron chi connectivity index (χ4n) is 2.51. The predicted octanol–water partition coefficient (Wildman–Crippen LogP) is 3.46. The Balaban J connectivity index is 1.74. The number of amides is 1. The minimum atomic E-state index is 0.202. The summed E-state index contributed by atoms with van der Waals surface area (Å²) in [7, 11) is 0. The number of benzene rings is 1. The third-order valence-electron chi connectivity index (χ3n) is 3.88. The van der Waals surface area contributed by atoms with Crippen molar-refractivity contribution in [2.75, 3.05) is 0 Å². The molecule has 1 aliphatic rings. The first-order valence-electron chi connectivity index (χ1n) is 7.09. The van der Waals surface area contributed by atoms with Gasteiger partial charge in [0.15, 0.2) is 0 Å². The first-order valence-corrected chi connectivity index (χ1v) is 7.09. The van der Waals surface area contributed by atoms with E-state index in [1.165, 1.54) is 0 Å². The minimum Gasteiger partial charge on any atom is -0.467 e. The van der Waals surface area contributed by atoms with Crippen LogP contribution in [-0.2, 0) is 17.9 Å². The lowest BCUT2D eigenvalue weighted by Gasteiger charge is -2.22. The second kappa shape index (κ2) is 5.53. The maximum Gasteiger partial charge on any atom is 0.226 e. The van der Waals surface area contributed by atoms with Crippen LogP contribution in [0.2, 0.25) is 0 Å². The van der Waals surface area contributed by atoms with E-state index in [2.05, 4.69) is 19.1 Å². The quantitative estimate of drug-likeness (QED) is 0.832. The van der Waals surface area contributed by atoms with Crippen molar-refractivity contribution < 1.29 is 9.21 Å². The summed E-state index contributed by atoms with van der Waals surface area (Å²) >= 11 is 0. The Bertz CT molecular complexity index is 562. The Morgan fingerprint density at radius 2 is 1.95 bits per heavy atom. The molecule has 1 amide bonds. The molecule has 1 aromatic carbocycles. The summed E-state index contributed by atoms with van der Waals surface area (Å²) in [6.45, 7) is 3.32. The van der Waals surface area contributed by atoms with Crippen molar-refractivity contribution >= 4 is 5.91 Å². The van der Waals surface area contributed by atoms with Crippen molar-refractivity contribution in [3.05, 3.63) is 60.1 Å². The van der Waals surface area contributed by atoms with E-state index in [9.17, 15) is 4.79 Å². The molecule has 0 aliphatic heterocycles. The molecule has 0 radical (unpaired) electrons. The van der Waals surface area contributed by atoms with Crippen LogP contribution in [0.1, 0.15) is 24.7 Å². The van der Waals surface area contributed by atoms with Gasteiger partial charge in [-0.15, -0.1) is 0 Å². The Hall–Kier alpha value is -2.03. The van der Waals surface area contributed by atoms with Crippen molar-refractivity contribution in [2.24, 2.45) is 11.8 Å². The molecule has 20 heavy (non-hydrogen) atoms. The summed E-state index contributed by atoms with van der Waals surface area (Å²) in [5, 5.41) is 0. The number of carbonyl (C=O) groups excluding carboxylic acids is 1. The molecule has 2 atom stereocenters. The van der Waals surface area contributed by atoms with Gasteiger partial charge in [-0.05, 0) is 30.0 Å². The van der Waals surface area contributed by atoms with Crippen molar-refractivity contribution in [1.82, 2.24) is 4.90 Å². The Morgan fingerprint density at radius 3 is 2.55 bits per heavy atom. The monoisotopic (exact) mass is 269 g/mol. The SMILES string of the molecule is C[C@H]1C[C@@H]1C(=O)N(Cc1ccccc1)Cc1ccco1. The predicted molar refractivity (Wildman–Crippen MR) is 76.7 cm³/mol. The lowest BCUT2D eigenvalue weighted by Crippen LogP contribution is -2.31. The highest BCUT2D eigenvalue weighted by Gasteiger charge is 2.41. The molecule has 3 rings (SSSR count). The van der Waals surface area contributed by atoms with Gasteiger partial charge in [-0.2, -0.15) is 0 Å². The van der Waals surface area contributed by atoms with Crippen LogP contribution in [0.25, 0.3) is 0 Å². The van der Waals surface area contributed by atoms with Gasteiger partial charge < -0.3 is 9.32 Å². The number of nitrogens with zero attached hydrogens (tertiary/aromatic N) is 1. The molecule has 1 heterocycles. The normalized spacial score (nSPS) is 20.6. The first kappa shape index (κ1) is 13.0. The zero-order chi connectivity index (χ0) is 13.9. The average Bonchev–Trinajstić information content (AvgIpc) is 2.98. The van der Waals surface area contributed by atoms with E-state index >= 15 is 0 Å². The Labute approximate surface area is 119 Å². The summed E-state index contributed by atoms with van der Waals surface area (Å²) < 4.78 is 5.38. The number of hydrogen-bond donors (Lipinski definition) is 0. The Morgan fingerprint density at radius 1 is 1.20 bits per heavy atom. The number of furan rings is 1. The van der Waals surface area contributed by atoms with Crippen LogP contribution in [0.5, 0.6) is 0 Å². The van der Waals surface area contributed by atoms with Gasteiger partial charge in [0.2, 0.25) is 5.91 Å². The molecule has 0 spiro atoms. The Kier molecular flexibility index (Phi) is 3.59. The smallest absolute Gasteiger partial charge is 0.226 e. The van der Waals surface area contributed by atoms with Crippen LogP contribution < -0.4 is 0 Å². The maximum atomic E-state index is 12.5. The van der Waals surface area contributed by atoms with Crippen molar-refractivity contribution in [3.63, 3.8) is 0 Å². The van der Waals surface area contributed by atoms with Crippen LogP contribution in [0.3, 0.4) is 0 Å². The van der Waals surface area contributed by atoms with E-state index in [4.69, 9.17) is 4.42 Å². The van der Waals surface area contributed by atoms with Crippen LogP contribution >= 0.6 is 0 Å². The topological polar surface area (TPSA) is 33.5 Å². The maximum absolute atomic E-state index is 12.5. The van der Waals surface area contributed by atoms with Gasteiger partial charge in [0.25, 0.3) is 0 Å². The zero-order valence-electron chi connectivity index (χ0n) is 11.7. The van der Waals surface area contributed by atoms with E-state index in [1.54, 1.807) is 6.26 Å². The molecule has 3 nitrogen and oxygen atoms in total. The van der Waals surface area contributed by atoms with E-state index in [1.807, 2.05) is 35.2 Å². The van der Waals surface area contributed by atoms with Gasteiger partial charge in [0.05, 0.1) is 12.8 Å². The second-order valence-electron chi connectivity index (χ2n) is 5.58. The molecule has 1 aliphatic carbocycles. The van der Waals surface area contributed by atoms with Gasteiger partial charge in [0.1, 0.15) is 5.76 Å². The highest BCUT2D eigenvalue weighted by molar-refractivity contribution is 5.81. The number of carbonyl (C=O) groups is 1. The zero-order valence-corrected chi connectivity index (χ0v) is 11.7. The van der Waals surface area contributed by atoms with Gasteiger partial charge >= 0.3 is 0 Å². The summed E-state index contributed by atoms with van der Waals surface area (Å²) in [6.07, 6.45) is 2.67. The second-order valence-corrected chi connectivity index (χ2v) is 5.58. The first-order chi connectivity index (χ1) is 9.74. The van der Waals surface area contributed by atoms with Gasteiger partial charge in [-0.1, -0.05) is 37.3 Å². The van der Waals surface area contributed by atoms with Gasteiger partial charge in [0, 0.05) is 12.5 Å². The average molecular weight is 269 g/mol.